The highest BCUT2D eigenvalue weighted by Crippen LogP contribution is 2.28. The van der Waals surface area contributed by atoms with Gasteiger partial charge in [0, 0.05) is 0 Å². The fourth-order valence-electron chi connectivity index (χ4n) is 0.985. The zero-order chi connectivity index (χ0) is 5.28. The zero-order valence-corrected chi connectivity index (χ0v) is 4.58. The molecule has 1 rings (SSSR count). The van der Waals surface area contributed by atoms with Gasteiger partial charge in [-0.2, -0.15) is 13.3 Å². The van der Waals surface area contributed by atoms with Crippen molar-refractivity contribution in [2.75, 3.05) is 0 Å². The van der Waals surface area contributed by atoms with Crippen LogP contribution in [0.15, 0.2) is 0 Å². The molecule has 0 aliphatic heterocycles. The van der Waals surface area contributed by atoms with Crippen LogP contribution in [0.3, 0.4) is 0 Å². The number of halogens is 1. The van der Waals surface area contributed by atoms with Crippen LogP contribution in [0.25, 0.3) is 0 Å². The molecule has 1 saturated carbocycles. The molecule has 0 aromatic rings. The first-order valence-electron chi connectivity index (χ1n) is 2.74. The average molecular weight is 101 g/mol. The van der Waals surface area contributed by atoms with E-state index in [2.05, 4.69) is 0 Å². The van der Waals surface area contributed by atoms with Gasteiger partial charge in [-0.3, -0.25) is 4.39 Å². The van der Waals surface area contributed by atoms with E-state index < -0.39 is 6.17 Å². The summed E-state index contributed by atoms with van der Waals surface area (Å²) < 4.78 is 12.2. The van der Waals surface area contributed by atoms with Crippen LogP contribution in [-0.4, -0.2) is 6.17 Å². The summed E-state index contributed by atoms with van der Waals surface area (Å²) in [7, 11) is 0. The minimum absolute atomic E-state index is 0.514. The molecule has 0 amide bonds. The second-order valence-electron chi connectivity index (χ2n) is 2.30. The van der Waals surface area contributed by atoms with Gasteiger partial charge < -0.3 is 5.92 Å². The third-order valence-corrected chi connectivity index (χ3v) is 1.45. The zero-order valence-electron chi connectivity index (χ0n) is 4.58. The van der Waals surface area contributed by atoms with E-state index in [1.54, 1.807) is 0 Å². The molecule has 0 nitrogen and oxygen atoms in total. The molecule has 1 unspecified atom stereocenters. The van der Waals surface area contributed by atoms with Crippen LogP contribution >= 0.6 is 0 Å². The van der Waals surface area contributed by atoms with Crippen LogP contribution in [0.2, 0.25) is 0 Å². The maximum atomic E-state index is 12.2. The van der Waals surface area contributed by atoms with Crippen molar-refractivity contribution in [1.29, 1.82) is 0 Å². The van der Waals surface area contributed by atoms with E-state index in [4.69, 9.17) is 0 Å². The van der Waals surface area contributed by atoms with Gasteiger partial charge in [-0.25, -0.2) is 0 Å². The van der Waals surface area contributed by atoms with Gasteiger partial charge >= 0.3 is 0 Å². The van der Waals surface area contributed by atoms with Crippen LogP contribution < -0.4 is 0 Å². The van der Waals surface area contributed by atoms with Crippen molar-refractivity contribution in [2.45, 2.75) is 32.4 Å². The molecular weight excluding hydrogens is 91.1 g/mol. The lowest BCUT2D eigenvalue weighted by molar-refractivity contribution is 0.345. The number of hydrogen-bond acceptors (Lipinski definition) is 0. The molecule has 42 valence electrons. The first-order valence-corrected chi connectivity index (χ1v) is 2.74. The Morgan fingerprint density at radius 2 is 2.43 bits per heavy atom. The van der Waals surface area contributed by atoms with E-state index in [1.807, 2.05) is 6.92 Å². The Morgan fingerprint density at radius 3 is 2.57 bits per heavy atom. The third kappa shape index (κ3) is 1.15. The molecule has 0 bridgehead atoms. The highest BCUT2D eigenvalue weighted by Gasteiger charge is 2.08. The first-order chi connectivity index (χ1) is 3.29. The predicted molar refractivity (Wildman–Crippen MR) is 27.7 cm³/mol. The molecule has 0 aromatic heterocycles. The summed E-state index contributed by atoms with van der Waals surface area (Å²) in [5, 5.41) is 0. The fourth-order valence-corrected chi connectivity index (χ4v) is 0.985. The molecule has 1 atom stereocenters. The maximum Gasteiger partial charge on any atom is 0.0712 e. The minimum Gasteiger partial charge on any atom is -0.314 e. The van der Waals surface area contributed by atoms with Crippen molar-refractivity contribution in [3.8, 4) is 0 Å². The monoisotopic (exact) mass is 101 g/mol. The van der Waals surface area contributed by atoms with E-state index >= 15 is 0 Å². The quantitative estimate of drug-likeness (QED) is 0.410. The molecule has 0 radical (unpaired) electrons. The molecule has 7 heavy (non-hydrogen) atoms. The summed E-state index contributed by atoms with van der Waals surface area (Å²) in [5.74, 6) is 1.33. The highest BCUT2D eigenvalue weighted by molar-refractivity contribution is 4.93. The van der Waals surface area contributed by atoms with E-state index in [9.17, 15) is 4.39 Å². The van der Waals surface area contributed by atoms with Crippen molar-refractivity contribution < 1.29 is 4.39 Å². The van der Waals surface area contributed by atoms with Gasteiger partial charge in [-0.05, 0) is 0 Å². The largest absolute Gasteiger partial charge is 0.314 e. The lowest BCUT2D eigenvalue weighted by Gasteiger charge is -2.10. The van der Waals surface area contributed by atoms with Crippen LogP contribution in [0, 0.1) is 5.92 Å². The van der Waals surface area contributed by atoms with E-state index in [1.165, 1.54) is 5.92 Å². The first kappa shape index (κ1) is 5.07. The van der Waals surface area contributed by atoms with Crippen LogP contribution in [0.1, 0.15) is 26.2 Å². The molecule has 1 aliphatic carbocycles. The van der Waals surface area contributed by atoms with Gasteiger partial charge in [-0.1, -0.05) is 6.42 Å². The summed E-state index contributed by atoms with van der Waals surface area (Å²) in [4.78, 5) is 0. The van der Waals surface area contributed by atoms with Crippen molar-refractivity contribution in [3.05, 3.63) is 5.92 Å². The summed E-state index contributed by atoms with van der Waals surface area (Å²) >= 11 is 0. The third-order valence-electron chi connectivity index (χ3n) is 1.45. The second kappa shape index (κ2) is 1.81. The summed E-state index contributed by atoms with van der Waals surface area (Å²) in [6.45, 7) is 2.03. The van der Waals surface area contributed by atoms with Gasteiger partial charge in [-0.15, -0.1) is 6.42 Å². The Bertz CT molecular complexity index is 53.2. The highest BCUT2D eigenvalue weighted by atomic mass is 19.1. The summed E-state index contributed by atoms with van der Waals surface area (Å²) in [6.07, 6.45) is 1.99. The van der Waals surface area contributed by atoms with Crippen molar-refractivity contribution in [1.82, 2.24) is 0 Å². The fraction of sp³-hybridized carbons (Fsp3) is 0.833. The van der Waals surface area contributed by atoms with Crippen LogP contribution in [0.4, 0.5) is 4.39 Å². The van der Waals surface area contributed by atoms with Gasteiger partial charge in [0.1, 0.15) is 0 Å². The normalized spacial score (nSPS) is 34.3. The van der Waals surface area contributed by atoms with E-state index in [-0.39, 0.29) is 0 Å². The molecule has 1 aliphatic rings. The second-order valence-corrected chi connectivity index (χ2v) is 2.30. The Morgan fingerprint density at radius 1 is 1.71 bits per heavy atom. The van der Waals surface area contributed by atoms with Crippen molar-refractivity contribution in [3.63, 3.8) is 0 Å². The average Bonchev–Trinajstić information content (AvgIpc) is 1.87. The molecule has 1 heteroatoms. The standard InChI is InChI=1S/C6H10F/c1-5-2-3-6(7)4-5/h6H,2-4H2,1H3/q-1. The smallest absolute Gasteiger partial charge is 0.0712 e. The topological polar surface area (TPSA) is 0 Å². The Labute approximate surface area is 43.7 Å². The SMILES string of the molecule is C[C-]1CCC(F)C1. The molecule has 0 N–H and O–H groups in total. The van der Waals surface area contributed by atoms with Gasteiger partial charge in [0.15, 0.2) is 0 Å². The van der Waals surface area contributed by atoms with Crippen molar-refractivity contribution in [2.24, 2.45) is 0 Å². The Balaban J connectivity index is 2.26. The summed E-state index contributed by atoms with van der Waals surface area (Å²) in [5.41, 5.74) is 0. The van der Waals surface area contributed by atoms with E-state index in [0.29, 0.717) is 0 Å². The van der Waals surface area contributed by atoms with E-state index in [0.717, 1.165) is 19.3 Å². The lowest BCUT2D eigenvalue weighted by Crippen LogP contribution is -1.88. The molecule has 0 spiro atoms. The predicted octanol–water partition coefficient (Wildman–Crippen LogP) is 2.10. The molecule has 0 saturated heterocycles. The minimum atomic E-state index is -0.514. The van der Waals surface area contributed by atoms with Crippen LogP contribution in [-0.2, 0) is 0 Å². The molecule has 0 aromatic carbocycles. The number of alkyl halides is 1. The van der Waals surface area contributed by atoms with Gasteiger partial charge in [0.05, 0.1) is 6.17 Å². The molecule has 1 fully saturated rings. The molecular formula is C6H10F-. The van der Waals surface area contributed by atoms with Crippen LogP contribution in [0.5, 0.6) is 0 Å². The van der Waals surface area contributed by atoms with Gasteiger partial charge in [0.25, 0.3) is 0 Å². The Kier molecular flexibility index (Phi) is 1.31. The van der Waals surface area contributed by atoms with Gasteiger partial charge in [0.2, 0.25) is 0 Å². The molecule has 0 heterocycles. The van der Waals surface area contributed by atoms with Crippen molar-refractivity contribution >= 4 is 0 Å². The Hall–Kier alpha value is -0.0700. The summed E-state index contributed by atoms with van der Waals surface area (Å²) in [6, 6.07) is 0. The lowest BCUT2D eigenvalue weighted by atomic mass is 10.1. The number of hydrogen-bond donors (Lipinski definition) is 0. The maximum absolute atomic E-state index is 12.2. The number of rotatable bonds is 0.